The molecule has 1 aliphatic carbocycles. The molecule has 1 fully saturated rings. The summed E-state index contributed by atoms with van der Waals surface area (Å²) in [4.78, 5) is 4.58. The Hall–Kier alpha value is -0.0400. The molecule has 1 aliphatic rings. The second kappa shape index (κ2) is 13.6. The molecular formula is C16H34IN3O. The molecule has 2 N–H and O–H groups in total. The van der Waals surface area contributed by atoms with Crippen LogP contribution in [0.25, 0.3) is 0 Å². The van der Waals surface area contributed by atoms with E-state index in [9.17, 15) is 0 Å². The van der Waals surface area contributed by atoms with Crippen LogP contribution >= 0.6 is 24.0 Å². The minimum absolute atomic E-state index is 0. The molecule has 0 aromatic heterocycles. The van der Waals surface area contributed by atoms with E-state index in [1.807, 2.05) is 0 Å². The SMILES string of the molecule is CCNC(=NCCCOCC1CC1)NCCCC(C)C.I. The van der Waals surface area contributed by atoms with Crippen molar-refractivity contribution >= 4 is 29.9 Å². The molecule has 0 saturated heterocycles. The van der Waals surface area contributed by atoms with Crippen LogP contribution in [0.15, 0.2) is 4.99 Å². The zero-order valence-corrected chi connectivity index (χ0v) is 16.3. The van der Waals surface area contributed by atoms with Crippen molar-refractivity contribution in [3.63, 3.8) is 0 Å². The van der Waals surface area contributed by atoms with E-state index in [1.54, 1.807) is 0 Å². The second-order valence-electron chi connectivity index (χ2n) is 6.10. The number of rotatable bonds is 11. The van der Waals surface area contributed by atoms with Gasteiger partial charge < -0.3 is 15.4 Å². The molecule has 0 heterocycles. The lowest BCUT2D eigenvalue weighted by atomic mass is 10.1. The number of nitrogens with one attached hydrogen (secondary N) is 2. The zero-order valence-electron chi connectivity index (χ0n) is 14.0. The van der Waals surface area contributed by atoms with E-state index in [0.29, 0.717) is 0 Å². The van der Waals surface area contributed by atoms with Crippen molar-refractivity contribution in [2.24, 2.45) is 16.8 Å². The highest BCUT2D eigenvalue weighted by Crippen LogP contribution is 2.28. The lowest BCUT2D eigenvalue weighted by molar-refractivity contribution is 0.123. The summed E-state index contributed by atoms with van der Waals surface area (Å²) in [5.41, 5.74) is 0. The van der Waals surface area contributed by atoms with Crippen LogP contribution in [0.2, 0.25) is 0 Å². The van der Waals surface area contributed by atoms with E-state index < -0.39 is 0 Å². The van der Waals surface area contributed by atoms with Gasteiger partial charge >= 0.3 is 0 Å². The van der Waals surface area contributed by atoms with Gasteiger partial charge in [-0.05, 0) is 50.9 Å². The topological polar surface area (TPSA) is 45.7 Å². The van der Waals surface area contributed by atoms with Crippen molar-refractivity contribution in [3.8, 4) is 0 Å². The summed E-state index contributed by atoms with van der Waals surface area (Å²) in [6.07, 6.45) is 6.20. The van der Waals surface area contributed by atoms with Crippen LogP contribution in [-0.4, -0.2) is 38.8 Å². The smallest absolute Gasteiger partial charge is 0.191 e. The number of hydrogen-bond donors (Lipinski definition) is 2. The molecule has 0 aliphatic heterocycles. The maximum Gasteiger partial charge on any atom is 0.191 e. The van der Waals surface area contributed by atoms with Crippen molar-refractivity contribution in [1.29, 1.82) is 0 Å². The van der Waals surface area contributed by atoms with Gasteiger partial charge in [0.1, 0.15) is 0 Å². The third-order valence-electron chi connectivity index (χ3n) is 3.36. The van der Waals surface area contributed by atoms with E-state index in [0.717, 1.165) is 57.1 Å². The number of aliphatic imine (C=N–C) groups is 1. The summed E-state index contributed by atoms with van der Waals surface area (Å²) in [5.74, 6) is 2.58. The fraction of sp³-hybridized carbons (Fsp3) is 0.938. The Bertz CT molecular complexity index is 268. The molecule has 126 valence electrons. The molecule has 4 nitrogen and oxygen atoms in total. The molecule has 0 amide bonds. The number of ether oxygens (including phenoxy) is 1. The van der Waals surface area contributed by atoms with Gasteiger partial charge in [0.05, 0.1) is 0 Å². The number of hydrogen-bond acceptors (Lipinski definition) is 2. The third-order valence-corrected chi connectivity index (χ3v) is 3.36. The van der Waals surface area contributed by atoms with Gasteiger partial charge in [0.2, 0.25) is 0 Å². The predicted octanol–water partition coefficient (Wildman–Crippen LogP) is 3.41. The standard InChI is InChI=1S/C16H33N3O.HI/c1-4-17-16(18-10-5-7-14(2)3)19-11-6-12-20-13-15-8-9-15;/h14-15H,4-13H2,1-3H3,(H2,17,18,19);1H. The Labute approximate surface area is 147 Å². The largest absolute Gasteiger partial charge is 0.381 e. The van der Waals surface area contributed by atoms with Crippen molar-refractivity contribution in [2.75, 3.05) is 32.8 Å². The molecule has 0 aromatic rings. The first kappa shape index (κ1) is 21.0. The zero-order chi connectivity index (χ0) is 14.6. The molecule has 0 radical (unpaired) electrons. The third kappa shape index (κ3) is 13.4. The average Bonchev–Trinajstić information content (AvgIpc) is 3.22. The molecule has 0 aromatic carbocycles. The summed E-state index contributed by atoms with van der Waals surface area (Å²) in [7, 11) is 0. The van der Waals surface area contributed by atoms with Gasteiger partial charge in [-0.1, -0.05) is 13.8 Å². The monoisotopic (exact) mass is 411 g/mol. The van der Waals surface area contributed by atoms with Crippen LogP contribution in [0.5, 0.6) is 0 Å². The highest BCUT2D eigenvalue weighted by molar-refractivity contribution is 14.0. The first-order chi connectivity index (χ1) is 9.72. The van der Waals surface area contributed by atoms with E-state index >= 15 is 0 Å². The molecule has 1 rings (SSSR count). The first-order valence-electron chi connectivity index (χ1n) is 8.32. The summed E-state index contributed by atoms with van der Waals surface area (Å²) < 4.78 is 5.61. The summed E-state index contributed by atoms with van der Waals surface area (Å²) in [6, 6.07) is 0. The molecule has 0 bridgehead atoms. The Kier molecular flexibility index (Phi) is 13.6. The van der Waals surface area contributed by atoms with Gasteiger partial charge in [-0.2, -0.15) is 0 Å². The van der Waals surface area contributed by atoms with Crippen LogP contribution < -0.4 is 10.6 Å². The Balaban J connectivity index is 0.00000400. The van der Waals surface area contributed by atoms with E-state index in [2.05, 4.69) is 36.4 Å². The molecule has 1 saturated carbocycles. The lowest BCUT2D eigenvalue weighted by Crippen LogP contribution is -2.38. The maximum atomic E-state index is 5.61. The van der Waals surface area contributed by atoms with Crippen LogP contribution in [0.3, 0.4) is 0 Å². The molecular weight excluding hydrogens is 377 g/mol. The van der Waals surface area contributed by atoms with Crippen LogP contribution in [-0.2, 0) is 4.74 Å². The van der Waals surface area contributed by atoms with Gasteiger partial charge in [0, 0.05) is 32.8 Å². The van der Waals surface area contributed by atoms with E-state index in [-0.39, 0.29) is 24.0 Å². The van der Waals surface area contributed by atoms with E-state index in [1.165, 1.54) is 25.7 Å². The average molecular weight is 411 g/mol. The molecule has 0 atom stereocenters. The summed E-state index contributed by atoms with van der Waals surface area (Å²) in [5, 5.41) is 6.68. The fourth-order valence-electron chi connectivity index (χ4n) is 1.95. The van der Waals surface area contributed by atoms with Crippen molar-refractivity contribution in [1.82, 2.24) is 10.6 Å². The quantitative estimate of drug-likeness (QED) is 0.237. The van der Waals surface area contributed by atoms with Gasteiger partial charge in [-0.25, -0.2) is 0 Å². The highest BCUT2D eigenvalue weighted by atomic mass is 127. The number of guanidine groups is 1. The lowest BCUT2D eigenvalue weighted by Gasteiger charge is -2.12. The normalized spacial score (nSPS) is 15.0. The number of halogens is 1. The van der Waals surface area contributed by atoms with Gasteiger partial charge in [0.25, 0.3) is 0 Å². The van der Waals surface area contributed by atoms with Crippen molar-refractivity contribution in [3.05, 3.63) is 0 Å². The van der Waals surface area contributed by atoms with Gasteiger partial charge in [0.15, 0.2) is 5.96 Å². The van der Waals surface area contributed by atoms with Gasteiger partial charge in [-0.3, -0.25) is 4.99 Å². The highest BCUT2D eigenvalue weighted by Gasteiger charge is 2.20. The van der Waals surface area contributed by atoms with Crippen LogP contribution in [0.1, 0.15) is 52.9 Å². The molecule has 21 heavy (non-hydrogen) atoms. The van der Waals surface area contributed by atoms with Crippen LogP contribution in [0, 0.1) is 11.8 Å². The molecule has 0 spiro atoms. The number of nitrogens with zero attached hydrogens (tertiary/aromatic N) is 1. The summed E-state index contributed by atoms with van der Waals surface area (Å²) in [6.45, 7) is 11.2. The van der Waals surface area contributed by atoms with E-state index in [4.69, 9.17) is 4.74 Å². The predicted molar refractivity (Wildman–Crippen MR) is 102 cm³/mol. The molecule has 5 heteroatoms. The Morgan fingerprint density at radius 2 is 2.00 bits per heavy atom. The van der Waals surface area contributed by atoms with Crippen LogP contribution in [0.4, 0.5) is 0 Å². The molecule has 0 unspecified atom stereocenters. The van der Waals surface area contributed by atoms with Crippen molar-refractivity contribution < 1.29 is 4.74 Å². The fourth-order valence-corrected chi connectivity index (χ4v) is 1.95. The minimum atomic E-state index is 0. The summed E-state index contributed by atoms with van der Waals surface area (Å²) >= 11 is 0. The first-order valence-corrected chi connectivity index (χ1v) is 8.32. The minimum Gasteiger partial charge on any atom is -0.381 e. The Morgan fingerprint density at radius 3 is 2.62 bits per heavy atom. The van der Waals surface area contributed by atoms with Crippen molar-refractivity contribution in [2.45, 2.75) is 52.9 Å². The van der Waals surface area contributed by atoms with Gasteiger partial charge in [-0.15, -0.1) is 24.0 Å². The second-order valence-corrected chi connectivity index (χ2v) is 6.10. The Morgan fingerprint density at radius 1 is 1.24 bits per heavy atom. The maximum absolute atomic E-state index is 5.61.